The third-order valence-electron chi connectivity index (χ3n) is 3.98. The molecule has 3 atom stereocenters. The first-order valence-electron chi connectivity index (χ1n) is 6.82. The molecule has 1 aromatic carbocycles. The third kappa shape index (κ3) is 3.65. The van der Waals surface area contributed by atoms with Gasteiger partial charge >= 0.3 is 0 Å². The molecule has 2 rings (SSSR count). The first kappa shape index (κ1) is 14.7. The molecule has 1 aliphatic heterocycles. The zero-order valence-electron chi connectivity index (χ0n) is 11.9. The summed E-state index contributed by atoms with van der Waals surface area (Å²) in [7, 11) is 0.999. The van der Waals surface area contributed by atoms with E-state index >= 15 is 0 Å². The molecule has 106 valence electrons. The number of ether oxygens (including phenoxy) is 1. The number of rotatable bonds is 5. The van der Waals surface area contributed by atoms with Gasteiger partial charge in [-0.05, 0) is 50.6 Å². The number of hydrogen-bond acceptors (Lipinski definition) is 3. The molecule has 0 aliphatic carbocycles. The van der Waals surface area contributed by atoms with Gasteiger partial charge < -0.3 is 10.1 Å². The fraction of sp³-hybridized carbons (Fsp3) is 0.600. The average molecular weight is 281 g/mol. The summed E-state index contributed by atoms with van der Waals surface area (Å²) in [5.41, 5.74) is 2.45. The zero-order chi connectivity index (χ0) is 13.8. The van der Waals surface area contributed by atoms with E-state index in [0.29, 0.717) is 11.7 Å². The Bertz CT molecular complexity index is 455. The van der Waals surface area contributed by atoms with E-state index in [1.165, 1.54) is 11.1 Å². The van der Waals surface area contributed by atoms with Crippen LogP contribution in [0.2, 0.25) is 0 Å². The van der Waals surface area contributed by atoms with Crippen molar-refractivity contribution < 1.29 is 8.95 Å². The molecule has 0 radical (unpaired) electrons. The largest absolute Gasteiger partial charge is 0.381 e. The minimum absolute atomic E-state index is 0.268. The lowest BCUT2D eigenvalue weighted by molar-refractivity contribution is 0.179. The molecule has 19 heavy (non-hydrogen) atoms. The minimum atomic E-state index is -0.946. The molecule has 1 fully saturated rings. The van der Waals surface area contributed by atoms with E-state index in [1.54, 1.807) is 0 Å². The lowest BCUT2D eigenvalue weighted by atomic mass is 10.0. The van der Waals surface area contributed by atoms with Crippen molar-refractivity contribution in [1.82, 2.24) is 5.32 Å². The van der Waals surface area contributed by atoms with Crippen molar-refractivity contribution >= 4 is 10.8 Å². The molecule has 0 amide bonds. The van der Waals surface area contributed by atoms with Crippen LogP contribution in [0.5, 0.6) is 0 Å². The van der Waals surface area contributed by atoms with Gasteiger partial charge in [0.25, 0.3) is 0 Å². The molecule has 1 saturated heterocycles. The Hall–Kier alpha value is -0.710. The van der Waals surface area contributed by atoms with Crippen molar-refractivity contribution in [2.75, 3.05) is 26.0 Å². The molecule has 1 aliphatic rings. The van der Waals surface area contributed by atoms with E-state index in [9.17, 15) is 4.21 Å². The van der Waals surface area contributed by atoms with Crippen LogP contribution in [0, 0.1) is 19.8 Å². The van der Waals surface area contributed by atoms with Crippen LogP contribution in [0.1, 0.15) is 17.5 Å². The summed E-state index contributed by atoms with van der Waals surface area (Å²) in [6.45, 7) is 5.76. The fourth-order valence-corrected chi connectivity index (χ4v) is 3.93. The van der Waals surface area contributed by atoms with Crippen molar-refractivity contribution in [2.24, 2.45) is 5.92 Å². The number of benzene rings is 1. The molecule has 0 saturated carbocycles. The van der Waals surface area contributed by atoms with Crippen LogP contribution < -0.4 is 5.32 Å². The van der Waals surface area contributed by atoms with E-state index in [4.69, 9.17) is 4.74 Å². The van der Waals surface area contributed by atoms with Gasteiger partial charge in [-0.2, -0.15) is 0 Å². The van der Waals surface area contributed by atoms with E-state index in [1.807, 2.05) is 19.2 Å². The topological polar surface area (TPSA) is 38.3 Å². The molecule has 1 heterocycles. The Morgan fingerprint density at radius 1 is 1.42 bits per heavy atom. The van der Waals surface area contributed by atoms with Crippen LogP contribution in [0.4, 0.5) is 0 Å². The van der Waals surface area contributed by atoms with Gasteiger partial charge in [0.1, 0.15) is 0 Å². The maximum atomic E-state index is 12.5. The molecule has 0 bridgehead atoms. The quantitative estimate of drug-likeness (QED) is 0.897. The average Bonchev–Trinajstić information content (AvgIpc) is 2.92. The summed E-state index contributed by atoms with van der Waals surface area (Å²) in [6.07, 6.45) is 1.07. The van der Waals surface area contributed by atoms with E-state index in [2.05, 4.69) is 25.2 Å². The molecule has 3 unspecified atom stereocenters. The van der Waals surface area contributed by atoms with Crippen LogP contribution in [0.25, 0.3) is 0 Å². The summed E-state index contributed by atoms with van der Waals surface area (Å²) in [4.78, 5) is 0.933. The van der Waals surface area contributed by atoms with Gasteiger partial charge in [0, 0.05) is 29.2 Å². The molecular formula is C15H23NO2S. The molecule has 0 aromatic heterocycles. The second-order valence-electron chi connectivity index (χ2n) is 5.28. The second-order valence-corrected chi connectivity index (χ2v) is 6.77. The van der Waals surface area contributed by atoms with Crippen LogP contribution >= 0.6 is 0 Å². The Balaban J connectivity index is 2.04. The summed E-state index contributed by atoms with van der Waals surface area (Å²) < 4.78 is 17.9. The van der Waals surface area contributed by atoms with Gasteiger partial charge in [-0.3, -0.25) is 4.21 Å². The molecule has 0 spiro atoms. The summed E-state index contributed by atoms with van der Waals surface area (Å²) >= 11 is 0. The predicted molar refractivity (Wildman–Crippen MR) is 79.0 cm³/mol. The van der Waals surface area contributed by atoms with Crippen LogP contribution in [-0.2, 0) is 15.5 Å². The van der Waals surface area contributed by atoms with E-state index < -0.39 is 10.8 Å². The highest BCUT2D eigenvalue weighted by molar-refractivity contribution is 7.85. The molecule has 4 heteroatoms. The van der Waals surface area contributed by atoms with Crippen molar-refractivity contribution in [3.05, 3.63) is 29.3 Å². The minimum Gasteiger partial charge on any atom is -0.381 e. The monoisotopic (exact) mass is 281 g/mol. The highest BCUT2D eigenvalue weighted by Crippen LogP contribution is 2.20. The van der Waals surface area contributed by atoms with Gasteiger partial charge in [0.05, 0.1) is 17.4 Å². The lowest BCUT2D eigenvalue weighted by Crippen LogP contribution is -2.38. The van der Waals surface area contributed by atoms with Crippen LogP contribution in [0.3, 0.4) is 0 Å². The van der Waals surface area contributed by atoms with Gasteiger partial charge in [-0.1, -0.05) is 6.07 Å². The molecular weight excluding hydrogens is 258 g/mol. The lowest BCUT2D eigenvalue weighted by Gasteiger charge is -2.21. The van der Waals surface area contributed by atoms with E-state index in [0.717, 1.165) is 24.5 Å². The Labute approximate surface area is 118 Å². The van der Waals surface area contributed by atoms with E-state index in [-0.39, 0.29) is 6.04 Å². The van der Waals surface area contributed by atoms with Gasteiger partial charge in [0.15, 0.2) is 0 Å². The molecule has 1 aromatic rings. The zero-order valence-corrected chi connectivity index (χ0v) is 12.8. The van der Waals surface area contributed by atoms with Crippen molar-refractivity contribution in [1.29, 1.82) is 0 Å². The fourth-order valence-electron chi connectivity index (χ4n) is 2.44. The van der Waals surface area contributed by atoms with Gasteiger partial charge in [0.2, 0.25) is 0 Å². The maximum Gasteiger partial charge on any atom is 0.0545 e. The maximum absolute atomic E-state index is 12.5. The summed E-state index contributed by atoms with van der Waals surface area (Å²) in [5, 5.41) is 3.30. The first-order valence-corrected chi connectivity index (χ1v) is 8.14. The second kappa shape index (κ2) is 6.64. The first-order chi connectivity index (χ1) is 9.11. The van der Waals surface area contributed by atoms with Crippen molar-refractivity contribution in [3.63, 3.8) is 0 Å². The molecule has 1 N–H and O–H groups in total. The predicted octanol–water partition coefficient (Wildman–Crippen LogP) is 2.04. The molecule has 3 nitrogen and oxygen atoms in total. The van der Waals surface area contributed by atoms with Crippen LogP contribution in [0.15, 0.2) is 23.1 Å². The number of aryl methyl sites for hydroxylation is 2. The van der Waals surface area contributed by atoms with Crippen molar-refractivity contribution in [3.8, 4) is 0 Å². The Morgan fingerprint density at radius 2 is 2.21 bits per heavy atom. The Morgan fingerprint density at radius 3 is 2.79 bits per heavy atom. The Kier molecular flexibility index (Phi) is 5.13. The van der Waals surface area contributed by atoms with Crippen molar-refractivity contribution in [2.45, 2.75) is 31.2 Å². The number of nitrogens with one attached hydrogen (secondary N) is 1. The SMILES string of the molecule is CNC(CS(=O)c1ccc(C)c(C)c1)C1CCOC1. The van der Waals surface area contributed by atoms with Crippen LogP contribution in [-0.4, -0.2) is 36.3 Å². The summed E-state index contributed by atoms with van der Waals surface area (Å²) in [6, 6.07) is 6.35. The third-order valence-corrected chi connectivity index (χ3v) is 5.42. The normalized spacial score (nSPS) is 22.4. The smallest absolute Gasteiger partial charge is 0.0545 e. The van der Waals surface area contributed by atoms with Gasteiger partial charge in [-0.25, -0.2) is 0 Å². The highest BCUT2D eigenvalue weighted by Gasteiger charge is 2.26. The standard InChI is InChI=1S/C15H23NO2S/c1-11-4-5-14(8-12(11)2)19(17)10-15(16-3)13-6-7-18-9-13/h4-5,8,13,15-16H,6-7,9-10H2,1-3H3. The highest BCUT2D eigenvalue weighted by atomic mass is 32.2. The number of hydrogen-bond donors (Lipinski definition) is 1. The van der Waals surface area contributed by atoms with Gasteiger partial charge in [-0.15, -0.1) is 0 Å². The summed E-state index contributed by atoms with van der Waals surface area (Å²) in [5.74, 6) is 1.15.